The van der Waals surface area contributed by atoms with Crippen molar-refractivity contribution in [2.75, 3.05) is 0 Å². The monoisotopic (exact) mass is 205 g/mol. The first kappa shape index (κ1) is 8.31. The molecule has 4 bridgehead atoms. The van der Waals surface area contributed by atoms with Crippen LogP contribution in [0.4, 0.5) is 0 Å². The molecule has 1 spiro atoms. The molecule has 0 unspecified atom stereocenters. The summed E-state index contributed by atoms with van der Waals surface area (Å²) in [7, 11) is 0. The largest absolute Gasteiger partial charge is 0.413 e. The minimum Gasteiger partial charge on any atom is -0.413 e. The van der Waals surface area contributed by atoms with Gasteiger partial charge in [-0.25, -0.2) is 9.79 Å². The van der Waals surface area contributed by atoms with E-state index >= 15 is 0 Å². The highest BCUT2D eigenvalue weighted by molar-refractivity contribution is 5.93. The molecule has 5 aliphatic rings. The number of hydrogen-bond acceptors (Lipinski definition) is 3. The van der Waals surface area contributed by atoms with Crippen molar-refractivity contribution in [3.63, 3.8) is 0 Å². The molecular weight excluding hydrogens is 190 g/mol. The van der Waals surface area contributed by atoms with Gasteiger partial charge in [0.2, 0.25) is 0 Å². The third-order valence-electron chi connectivity index (χ3n) is 5.14. The molecule has 3 nitrogen and oxygen atoms in total. The molecule has 1 aliphatic heterocycles. The lowest BCUT2D eigenvalue weighted by atomic mass is 9.49. The highest BCUT2D eigenvalue weighted by Gasteiger charge is 2.63. The van der Waals surface area contributed by atoms with Gasteiger partial charge in [-0.05, 0) is 55.8 Å². The molecule has 0 N–H and O–H groups in total. The van der Waals surface area contributed by atoms with E-state index < -0.39 is 5.54 Å². The van der Waals surface area contributed by atoms with E-state index in [0.29, 0.717) is 11.8 Å². The summed E-state index contributed by atoms with van der Waals surface area (Å²) in [5, 5.41) is 0. The van der Waals surface area contributed by atoms with Crippen LogP contribution in [-0.4, -0.2) is 17.9 Å². The molecule has 4 aliphatic carbocycles. The molecule has 4 fully saturated rings. The third kappa shape index (κ3) is 0.837. The number of rotatable bonds is 0. The topological polar surface area (TPSA) is 38.7 Å². The van der Waals surface area contributed by atoms with E-state index in [1.807, 2.05) is 0 Å². The number of aliphatic imine (C=N–C) groups is 1. The zero-order chi connectivity index (χ0) is 10.0. The van der Waals surface area contributed by atoms with Gasteiger partial charge < -0.3 is 4.74 Å². The second-order valence-corrected chi connectivity index (χ2v) is 5.77. The molecule has 15 heavy (non-hydrogen) atoms. The SMILES string of the molecule is O=C1OC=NC12C1CC3CC(C1)CC2C3. The first-order valence-electron chi connectivity index (χ1n) is 6.04. The fourth-order valence-electron chi connectivity index (χ4n) is 4.76. The Morgan fingerprint density at radius 2 is 1.73 bits per heavy atom. The van der Waals surface area contributed by atoms with Crippen molar-refractivity contribution in [1.82, 2.24) is 0 Å². The van der Waals surface area contributed by atoms with Gasteiger partial charge >= 0.3 is 5.97 Å². The van der Waals surface area contributed by atoms with Crippen molar-refractivity contribution in [1.29, 1.82) is 0 Å². The lowest BCUT2D eigenvalue weighted by molar-refractivity contribution is -0.153. The summed E-state index contributed by atoms with van der Waals surface area (Å²) in [5.74, 6) is 2.67. The van der Waals surface area contributed by atoms with E-state index in [1.165, 1.54) is 38.5 Å². The molecule has 0 aromatic rings. The number of ether oxygens (including phenoxy) is 1. The molecular formula is C12H15NO2. The van der Waals surface area contributed by atoms with Gasteiger partial charge in [0, 0.05) is 0 Å². The molecule has 1 heterocycles. The molecule has 0 radical (unpaired) electrons. The molecule has 80 valence electrons. The average Bonchev–Trinajstić information content (AvgIpc) is 2.57. The van der Waals surface area contributed by atoms with Crippen LogP contribution in [0.3, 0.4) is 0 Å². The summed E-state index contributed by atoms with van der Waals surface area (Å²) in [6.45, 7) is 0. The lowest BCUT2D eigenvalue weighted by Gasteiger charge is -2.56. The van der Waals surface area contributed by atoms with Gasteiger partial charge in [0.15, 0.2) is 11.9 Å². The van der Waals surface area contributed by atoms with Crippen LogP contribution in [0.25, 0.3) is 0 Å². The van der Waals surface area contributed by atoms with Gasteiger partial charge in [-0.2, -0.15) is 0 Å². The van der Waals surface area contributed by atoms with Crippen LogP contribution in [0, 0.1) is 23.7 Å². The van der Waals surface area contributed by atoms with Crippen molar-refractivity contribution in [3.05, 3.63) is 0 Å². The van der Waals surface area contributed by atoms with Gasteiger partial charge in [0.1, 0.15) is 0 Å². The van der Waals surface area contributed by atoms with Gasteiger partial charge in [0.05, 0.1) is 0 Å². The summed E-state index contributed by atoms with van der Waals surface area (Å²) in [6.07, 6.45) is 7.63. The molecule has 5 rings (SSSR count). The van der Waals surface area contributed by atoms with Crippen LogP contribution in [0.1, 0.15) is 32.1 Å². The van der Waals surface area contributed by atoms with E-state index in [0.717, 1.165) is 11.8 Å². The zero-order valence-corrected chi connectivity index (χ0v) is 8.69. The quantitative estimate of drug-likeness (QED) is 0.565. The second-order valence-electron chi connectivity index (χ2n) is 5.77. The summed E-state index contributed by atoms with van der Waals surface area (Å²) < 4.78 is 5.00. The number of esters is 1. The van der Waals surface area contributed by atoms with Crippen LogP contribution in [0.2, 0.25) is 0 Å². The predicted molar refractivity (Wildman–Crippen MR) is 54.4 cm³/mol. The molecule has 0 atom stereocenters. The van der Waals surface area contributed by atoms with Crippen LogP contribution in [-0.2, 0) is 9.53 Å². The average molecular weight is 205 g/mol. The van der Waals surface area contributed by atoms with Crippen LogP contribution < -0.4 is 0 Å². The number of nitrogens with zero attached hydrogens (tertiary/aromatic N) is 1. The standard InChI is InChI=1S/C12H15NO2/c14-11-12(13-6-15-11)9-2-7-1-8(4-9)5-10(12)3-7/h6-10H,1-5H2. The van der Waals surface area contributed by atoms with Gasteiger partial charge in [-0.3, -0.25) is 0 Å². The van der Waals surface area contributed by atoms with E-state index in [2.05, 4.69) is 4.99 Å². The third-order valence-corrected chi connectivity index (χ3v) is 5.14. The predicted octanol–water partition coefficient (Wildman–Crippen LogP) is 1.77. The van der Waals surface area contributed by atoms with Gasteiger partial charge in [-0.15, -0.1) is 0 Å². The molecule has 0 amide bonds. The summed E-state index contributed by atoms with van der Waals surface area (Å²) in [5.41, 5.74) is -0.437. The number of carbonyl (C=O) groups is 1. The Balaban J connectivity index is 1.82. The van der Waals surface area contributed by atoms with Crippen LogP contribution in [0.5, 0.6) is 0 Å². The maximum atomic E-state index is 11.9. The molecule has 0 aromatic carbocycles. The summed E-state index contributed by atoms with van der Waals surface area (Å²) in [6, 6.07) is 0. The second kappa shape index (κ2) is 2.45. The summed E-state index contributed by atoms with van der Waals surface area (Å²) >= 11 is 0. The number of carbonyl (C=O) groups excluding carboxylic acids is 1. The highest BCUT2D eigenvalue weighted by Crippen LogP contribution is 2.60. The van der Waals surface area contributed by atoms with Gasteiger partial charge in [-0.1, -0.05) is 0 Å². The maximum Gasteiger partial charge on any atom is 0.340 e. The molecule has 4 saturated carbocycles. The van der Waals surface area contributed by atoms with E-state index in [4.69, 9.17) is 4.74 Å². The van der Waals surface area contributed by atoms with Crippen molar-refractivity contribution < 1.29 is 9.53 Å². The number of hydrogen-bond donors (Lipinski definition) is 0. The molecule has 0 saturated heterocycles. The van der Waals surface area contributed by atoms with Crippen LogP contribution >= 0.6 is 0 Å². The van der Waals surface area contributed by atoms with Crippen molar-refractivity contribution in [2.24, 2.45) is 28.7 Å². The molecule has 3 heteroatoms. The van der Waals surface area contributed by atoms with E-state index in [1.54, 1.807) is 0 Å². The van der Waals surface area contributed by atoms with Crippen molar-refractivity contribution in [3.8, 4) is 0 Å². The minimum atomic E-state index is -0.437. The Bertz CT molecular complexity index is 333. The van der Waals surface area contributed by atoms with E-state index in [9.17, 15) is 4.79 Å². The van der Waals surface area contributed by atoms with Gasteiger partial charge in [0.25, 0.3) is 0 Å². The maximum absolute atomic E-state index is 11.9. The minimum absolute atomic E-state index is 0.0590. The Morgan fingerprint density at radius 3 is 2.20 bits per heavy atom. The Morgan fingerprint density at radius 1 is 1.13 bits per heavy atom. The first-order chi connectivity index (χ1) is 7.29. The van der Waals surface area contributed by atoms with Crippen molar-refractivity contribution in [2.45, 2.75) is 37.6 Å². The highest BCUT2D eigenvalue weighted by atomic mass is 16.5. The van der Waals surface area contributed by atoms with Crippen molar-refractivity contribution >= 4 is 12.4 Å². The molecule has 0 aromatic heterocycles. The summed E-state index contributed by atoms with van der Waals surface area (Å²) in [4.78, 5) is 16.4. The van der Waals surface area contributed by atoms with E-state index in [-0.39, 0.29) is 5.97 Å². The Hall–Kier alpha value is -0.860. The van der Waals surface area contributed by atoms with Crippen LogP contribution in [0.15, 0.2) is 4.99 Å². The fourth-order valence-corrected chi connectivity index (χ4v) is 4.76. The smallest absolute Gasteiger partial charge is 0.340 e. The Labute approximate surface area is 88.9 Å². The lowest BCUT2D eigenvalue weighted by Crippen LogP contribution is -2.59. The zero-order valence-electron chi connectivity index (χ0n) is 8.69. The Kier molecular flexibility index (Phi) is 1.35. The normalized spacial score (nSPS) is 55.3. The number of cyclic esters (lactones) is 1. The fraction of sp³-hybridized carbons (Fsp3) is 0.833. The first-order valence-corrected chi connectivity index (χ1v) is 6.04.